The molecule has 8 heteroatoms. The minimum atomic E-state index is -0.937. The van der Waals surface area contributed by atoms with Gasteiger partial charge in [0.15, 0.2) is 0 Å². The number of nitrogens with zero attached hydrogens (tertiary/aromatic N) is 2. The van der Waals surface area contributed by atoms with Gasteiger partial charge in [0.1, 0.15) is 29.0 Å². The number of piperazine rings is 1. The van der Waals surface area contributed by atoms with Crippen molar-refractivity contribution >= 4 is 27.5 Å². The summed E-state index contributed by atoms with van der Waals surface area (Å²) in [5.74, 6) is 2.19. The molecule has 5 rings (SSSR count). The molecular weight excluding hydrogens is 628 g/mol. The second-order valence-corrected chi connectivity index (χ2v) is 12.1. The third-order valence-electron chi connectivity index (χ3n) is 7.90. The molecule has 1 aliphatic heterocycles. The Hall–Kier alpha value is -3.07. The molecule has 6 nitrogen and oxygen atoms in total. The predicted octanol–water partition coefficient (Wildman–Crippen LogP) is 7.12. The van der Waals surface area contributed by atoms with Gasteiger partial charge in [-0.2, -0.15) is 0 Å². The van der Waals surface area contributed by atoms with Crippen LogP contribution in [0, 0.1) is 0 Å². The van der Waals surface area contributed by atoms with E-state index in [1.807, 2.05) is 60.7 Å². The normalized spacial score (nSPS) is 15.2. The van der Waals surface area contributed by atoms with E-state index in [0.717, 1.165) is 58.8 Å². The fourth-order valence-electron chi connectivity index (χ4n) is 5.49. The third kappa shape index (κ3) is 7.54. The molecule has 0 N–H and O–H groups in total. The van der Waals surface area contributed by atoms with Crippen LogP contribution in [0.3, 0.4) is 0 Å². The van der Waals surface area contributed by atoms with Crippen LogP contribution in [-0.4, -0.2) is 76.5 Å². The van der Waals surface area contributed by atoms with E-state index in [9.17, 15) is 0 Å². The SMILES string of the molecule is COc1ccc(C(OCC(CN2CCN(C)CC2)Oc2ccc(Br)cc2Cl)(c2ccccc2)c2ccc(OC)cc2)cc1. The summed E-state index contributed by atoms with van der Waals surface area (Å²) in [7, 11) is 5.51. The zero-order chi connectivity index (χ0) is 30.2. The fourth-order valence-corrected chi connectivity index (χ4v) is 6.20. The quantitative estimate of drug-likeness (QED) is 0.150. The minimum absolute atomic E-state index is 0.290. The van der Waals surface area contributed by atoms with Gasteiger partial charge in [-0.3, -0.25) is 4.90 Å². The average molecular weight is 666 g/mol. The number of ether oxygens (including phenoxy) is 4. The zero-order valence-corrected chi connectivity index (χ0v) is 27.2. The van der Waals surface area contributed by atoms with Gasteiger partial charge in [-0.1, -0.05) is 82.1 Å². The highest BCUT2D eigenvalue weighted by atomic mass is 79.9. The van der Waals surface area contributed by atoms with E-state index in [0.29, 0.717) is 23.9 Å². The van der Waals surface area contributed by atoms with Crippen LogP contribution in [-0.2, 0) is 10.3 Å². The molecule has 1 unspecified atom stereocenters. The average Bonchev–Trinajstić information content (AvgIpc) is 3.04. The van der Waals surface area contributed by atoms with Crippen molar-refractivity contribution in [3.8, 4) is 17.2 Å². The van der Waals surface area contributed by atoms with Gasteiger partial charge in [0.05, 0.1) is 25.8 Å². The predicted molar refractivity (Wildman–Crippen MR) is 176 cm³/mol. The van der Waals surface area contributed by atoms with E-state index >= 15 is 0 Å². The fraction of sp³-hybridized carbons (Fsp3) is 0.314. The molecule has 4 aromatic rings. The van der Waals surface area contributed by atoms with Gasteiger partial charge in [0.2, 0.25) is 0 Å². The van der Waals surface area contributed by atoms with Gasteiger partial charge in [0.25, 0.3) is 0 Å². The monoisotopic (exact) mass is 664 g/mol. The molecule has 226 valence electrons. The third-order valence-corrected chi connectivity index (χ3v) is 8.69. The lowest BCUT2D eigenvalue weighted by Gasteiger charge is -2.39. The molecule has 0 saturated carbocycles. The minimum Gasteiger partial charge on any atom is -0.497 e. The number of rotatable bonds is 12. The molecule has 1 saturated heterocycles. The molecule has 0 aliphatic carbocycles. The van der Waals surface area contributed by atoms with Crippen molar-refractivity contribution in [3.63, 3.8) is 0 Å². The van der Waals surface area contributed by atoms with Crippen molar-refractivity contribution in [1.29, 1.82) is 0 Å². The second kappa shape index (κ2) is 14.6. The van der Waals surface area contributed by atoms with Crippen molar-refractivity contribution in [2.24, 2.45) is 0 Å². The van der Waals surface area contributed by atoms with Gasteiger partial charge in [0, 0.05) is 37.2 Å². The molecule has 1 heterocycles. The number of hydrogen-bond acceptors (Lipinski definition) is 6. The summed E-state index contributed by atoms with van der Waals surface area (Å²) < 4.78 is 25.7. The van der Waals surface area contributed by atoms with Gasteiger partial charge < -0.3 is 23.8 Å². The Morgan fingerprint density at radius 1 is 0.767 bits per heavy atom. The first-order valence-corrected chi connectivity index (χ1v) is 15.6. The first-order valence-electron chi connectivity index (χ1n) is 14.4. The molecule has 0 bridgehead atoms. The highest BCUT2D eigenvalue weighted by Crippen LogP contribution is 2.42. The van der Waals surface area contributed by atoms with Gasteiger partial charge in [-0.15, -0.1) is 0 Å². The van der Waals surface area contributed by atoms with Gasteiger partial charge >= 0.3 is 0 Å². The largest absolute Gasteiger partial charge is 0.497 e. The Labute approximate surface area is 268 Å². The van der Waals surface area contributed by atoms with Crippen molar-refractivity contribution in [2.45, 2.75) is 11.7 Å². The number of likely N-dealkylation sites (N-methyl/N-ethyl adjacent to an activating group) is 1. The molecule has 0 radical (unpaired) electrons. The highest BCUT2D eigenvalue weighted by molar-refractivity contribution is 9.10. The van der Waals surface area contributed by atoms with Crippen molar-refractivity contribution in [2.75, 3.05) is 60.6 Å². The molecule has 1 aliphatic rings. The molecule has 1 fully saturated rings. The van der Waals surface area contributed by atoms with Crippen LogP contribution in [0.5, 0.6) is 17.2 Å². The second-order valence-electron chi connectivity index (χ2n) is 10.7. The first-order chi connectivity index (χ1) is 20.9. The number of halogens is 2. The Balaban J connectivity index is 1.56. The lowest BCUT2D eigenvalue weighted by atomic mass is 9.80. The van der Waals surface area contributed by atoms with Crippen LogP contribution >= 0.6 is 27.5 Å². The van der Waals surface area contributed by atoms with Crippen molar-refractivity contribution in [1.82, 2.24) is 9.80 Å². The maximum absolute atomic E-state index is 7.20. The number of hydrogen-bond donors (Lipinski definition) is 0. The van der Waals surface area contributed by atoms with Crippen LogP contribution in [0.15, 0.2) is 102 Å². The van der Waals surface area contributed by atoms with E-state index in [2.05, 4.69) is 69.2 Å². The van der Waals surface area contributed by atoms with E-state index in [4.69, 9.17) is 30.5 Å². The van der Waals surface area contributed by atoms with Crippen molar-refractivity contribution < 1.29 is 18.9 Å². The summed E-state index contributed by atoms with van der Waals surface area (Å²) in [5, 5.41) is 0.553. The van der Waals surface area contributed by atoms with Crippen LogP contribution < -0.4 is 14.2 Å². The Kier molecular flexibility index (Phi) is 10.6. The van der Waals surface area contributed by atoms with E-state index in [1.54, 1.807) is 14.2 Å². The van der Waals surface area contributed by atoms with Gasteiger partial charge in [-0.05, 0) is 66.2 Å². The first kappa shape index (κ1) is 31.4. The van der Waals surface area contributed by atoms with Crippen molar-refractivity contribution in [3.05, 3.63) is 123 Å². The molecule has 0 spiro atoms. The van der Waals surface area contributed by atoms with Crippen LogP contribution in [0.1, 0.15) is 16.7 Å². The topological polar surface area (TPSA) is 43.4 Å². The van der Waals surface area contributed by atoms with Crippen LogP contribution in [0.25, 0.3) is 0 Å². The van der Waals surface area contributed by atoms with E-state index in [1.165, 1.54) is 0 Å². The molecule has 43 heavy (non-hydrogen) atoms. The Morgan fingerprint density at radius 3 is 1.86 bits per heavy atom. The zero-order valence-electron chi connectivity index (χ0n) is 24.8. The number of benzene rings is 4. The molecule has 1 atom stereocenters. The Morgan fingerprint density at radius 2 is 1.33 bits per heavy atom. The standard InChI is InChI=1S/C35H38BrClN2O4/c1-38-19-21-39(22-20-38)24-32(43-34-18-13-29(36)23-33(34)37)25-42-35(26-7-5-4-6-8-26,27-9-14-30(40-2)15-10-27)28-11-16-31(41-3)17-12-28/h4-18,23,32H,19-22,24-25H2,1-3H3. The summed E-state index contributed by atoms with van der Waals surface area (Å²) in [6, 6.07) is 32.2. The lowest BCUT2D eigenvalue weighted by Crippen LogP contribution is -2.49. The molecule has 0 amide bonds. The maximum Gasteiger partial charge on any atom is 0.143 e. The number of methoxy groups -OCH3 is 2. The van der Waals surface area contributed by atoms with E-state index < -0.39 is 5.60 Å². The highest BCUT2D eigenvalue weighted by Gasteiger charge is 2.39. The van der Waals surface area contributed by atoms with Gasteiger partial charge in [-0.25, -0.2) is 0 Å². The summed E-state index contributed by atoms with van der Waals surface area (Å²) in [6.45, 7) is 4.97. The summed E-state index contributed by atoms with van der Waals surface area (Å²) in [5.41, 5.74) is 2.02. The smallest absolute Gasteiger partial charge is 0.143 e. The molecule has 0 aromatic heterocycles. The molecule has 4 aromatic carbocycles. The summed E-state index contributed by atoms with van der Waals surface area (Å²) in [4.78, 5) is 4.79. The Bertz CT molecular complexity index is 1400. The van der Waals surface area contributed by atoms with Crippen LogP contribution in [0.4, 0.5) is 0 Å². The van der Waals surface area contributed by atoms with E-state index in [-0.39, 0.29) is 6.10 Å². The summed E-state index contributed by atoms with van der Waals surface area (Å²) in [6.07, 6.45) is -0.290. The lowest BCUT2D eigenvalue weighted by molar-refractivity contribution is -0.0410. The molecular formula is C35H38BrClN2O4. The summed E-state index contributed by atoms with van der Waals surface area (Å²) >= 11 is 10.1. The van der Waals surface area contributed by atoms with Crippen LogP contribution in [0.2, 0.25) is 5.02 Å². The maximum atomic E-state index is 7.20.